The Morgan fingerprint density at radius 1 is 1.26 bits per heavy atom. The lowest BCUT2D eigenvalue weighted by Gasteiger charge is -2.28. The lowest BCUT2D eigenvalue weighted by molar-refractivity contribution is 0.0139. The van der Waals surface area contributed by atoms with Gasteiger partial charge in [-0.2, -0.15) is 5.10 Å². The minimum absolute atomic E-state index is 0.180. The monoisotopic (exact) mass is 319 g/mol. The molecule has 2 aromatic rings. The van der Waals surface area contributed by atoms with Crippen LogP contribution in [0.15, 0.2) is 24.3 Å². The summed E-state index contributed by atoms with van der Waals surface area (Å²) in [4.78, 5) is 0. The number of rotatable bonds is 6. The average molecular weight is 319 g/mol. The molecule has 1 unspecified atom stereocenters. The lowest BCUT2D eigenvalue weighted by atomic mass is 9.92. The van der Waals surface area contributed by atoms with Gasteiger partial charge >= 0.3 is 0 Å². The zero-order valence-corrected chi connectivity index (χ0v) is 14.5. The summed E-state index contributed by atoms with van der Waals surface area (Å²) in [7, 11) is 0. The Morgan fingerprint density at radius 2 is 1.87 bits per heavy atom. The molecule has 0 spiro atoms. The summed E-state index contributed by atoms with van der Waals surface area (Å²) in [5.41, 5.74) is 3.16. The number of aliphatic hydroxyl groups is 1. The van der Waals surface area contributed by atoms with E-state index in [1.54, 1.807) is 12.1 Å². The molecule has 0 saturated heterocycles. The van der Waals surface area contributed by atoms with Crippen molar-refractivity contribution in [3.8, 4) is 5.69 Å². The highest BCUT2D eigenvalue weighted by molar-refractivity contribution is 5.37. The van der Waals surface area contributed by atoms with Crippen LogP contribution < -0.4 is 5.32 Å². The summed E-state index contributed by atoms with van der Waals surface area (Å²) >= 11 is 0. The third-order valence-electron chi connectivity index (χ3n) is 4.54. The van der Waals surface area contributed by atoms with Crippen molar-refractivity contribution in [3.63, 3.8) is 0 Å². The molecular weight excluding hydrogens is 293 g/mol. The fourth-order valence-electron chi connectivity index (χ4n) is 2.41. The number of halogens is 1. The zero-order valence-electron chi connectivity index (χ0n) is 14.5. The van der Waals surface area contributed by atoms with E-state index in [1.807, 2.05) is 39.3 Å². The number of aromatic nitrogens is 2. The van der Waals surface area contributed by atoms with E-state index in [1.165, 1.54) is 12.1 Å². The van der Waals surface area contributed by atoms with Crippen LogP contribution in [0.5, 0.6) is 0 Å². The van der Waals surface area contributed by atoms with Crippen molar-refractivity contribution in [3.05, 3.63) is 47.0 Å². The fourth-order valence-corrected chi connectivity index (χ4v) is 2.41. The molecule has 0 amide bonds. The van der Waals surface area contributed by atoms with Gasteiger partial charge in [0.1, 0.15) is 5.82 Å². The van der Waals surface area contributed by atoms with E-state index in [2.05, 4.69) is 10.4 Å². The van der Waals surface area contributed by atoms with E-state index in [0.29, 0.717) is 13.1 Å². The van der Waals surface area contributed by atoms with Crippen molar-refractivity contribution >= 4 is 0 Å². The molecule has 1 aromatic carbocycles. The van der Waals surface area contributed by atoms with Crippen molar-refractivity contribution < 1.29 is 9.50 Å². The molecule has 1 aromatic heterocycles. The van der Waals surface area contributed by atoms with Gasteiger partial charge in [0.15, 0.2) is 0 Å². The first-order valence-corrected chi connectivity index (χ1v) is 7.96. The van der Waals surface area contributed by atoms with Crippen molar-refractivity contribution in [1.29, 1.82) is 0 Å². The molecule has 126 valence electrons. The normalized spacial score (nSPS) is 14.3. The quantitative estimate of drug-likeness (QED) is 0.860. The smallest absolute Gasteiger partial charge is 0.123 e. The van der Waals surface area contributed by atoms with E-state index in [4.69, 9.17) is 0 Å². The summed E-state index contributed by atoms with van der Waals surface area (Å²) in [6, 6.07) is 6.30. The van der Waals surface area contributed by atoms with Crippen LogP contribution in [0.4, 0.5) is 4.39 Å². The molecule has 0 aliphatic carbocycles. The first kappa shape index (κ1) is 17.6. The molecule has 0 saturated carbocycles. The van der Waals surface area contributed by atoms with Crippen LogP contribution >= 0.6 is 0 Å². The summed E-state index contributed by atoms with van der Waals surface area (Å²) in [5.74, 6) is -0.0766. The minimum Gasteiger partial charge on any atom is -0.389 e. The second-order valence-electron chi connectivity index (χ2n) is 6.65. The number of nitrogens with one attached hydrogen (secondary N) is 1. The van der Waals surface area contributed by atoms with Crippen LogP contribution in [0.25, 0.3) is 5.69 Å². The predicted octanol–water partition coefficient (Wildman–Crippen LogP) is 3.12. The van der Waals surface area contributed by atoms with Gasteiger partial charge in [-0.1, -0.05) is 13.8 Å². The highest BCUT2D eigenvalue weighted by Crippen LogP contribution is 2.19. The van der Waals surface area contributed by atoms with Crippen LogP contribution in [0.1, 0.15) is 37.7 Å². The van der Waals surface area contributed by atoms with Gasteiger partial charge in [-0.15, -0.1) is 0 Å². The Labute approximate surface area is 137 Å². The van der Waals surface area contributed by atoms with Gasteiger partial charge in [-0.3, -0.25) is 0 Å². The maximum Gasteiger partial charge on any atom is 0.123 e. The van der Waals surface area contributed by atoms with E-state index in [9.17, 15) is 9.50 Å². The summed E-state index contributed by atoms with van der Waals surface area (Å²) in [5, 5.41) is 18.2. The number of benzene rings is 1. The Morgan fingerprint density at radius 3 is 2.43 bits per heavy atom. The van der Waals surface area contributed by atoms with Gasteiger partial charge in [0.25, 0.3) is 0 Å². The van der Waals surface area contributed by atoms with Crippen molar-refractivity contribution in [2.45, 2.75) is 46.8 Å². The molecule has 4 nitrogen and oxygen atoms in total. The third-order valence-corrected chi connectivity index (χ3v) is 4.54. The molecule has 0 aliphatic rings. The maximum atomic E-state index is 13.1. The van der Waals surface area contributed by atoms with Crippen molar-refractivity contribution in [2.75, 3.05) is 6.54 Å². The molecule has 2 rings (SSSR count). The zero-order chi connectivity index (χ0) is 17.2. The Balaban J connectivity index is 2.14. The van der Waals surface area contributed by atoms with E-state index >= 15 is 0 Å². The molecule has 0 aliphatic heterocycles. The summed E-state index contributed by atoms with van der Waals surface area (Å²) in [6.45, 7) is 11.0. The van der Waals surface area contributed by atoms with Crippen LogP contribution in [0.2, 0.25) is 0 Å². The molecule has 1 atom stereocenters. The van der Waals surface area contributed by atoms with Gasteiger partial charge in [0.2, 0.25) is 0 Å². The number of hydrogen-bond donors (Lipinski definition) is 2. The van der Waals surface area contributed by atoms with E-state index < -0.39 is 5.60 Å². The van der Waals surface area contributed by atoms with Gasteiger partial charge in [-0.25, -0.2) is 9.07 Å². The van der Waals surface area contributed by atoms with Crippen LogP contribution in [0, 0.1) is 25.6 Å². The summed E-state index contributed by atoms with van der Waals surface area (Å²) < 4.78 is 14.9. The molecule has 23 heavy (non-hydrogen) atoms. The first-order valence-electron chi connectivity index (χ1n) is 7.96. The molecular formula is C18H26FN3O. The number of nitrogens with zero attached hydrogens (tertiary/aromatic N) is 2. The molecule has 1 heterocycles. The SMILES string of the molecule is Cc1nn(-c2ccc(F)cc2)c(C)c1CNCC(C)(O)C(C)C. The Kier molecular flexibility index (Phi) is 5.22. The molecule has 2 N–H and O–H groups in total. The largest absolute Gasteiger partial charge is 0.389 e. The highest BCUT2D eigenvalue weighted by Gasteiger charge is 2.24. The van der Waals surface area contributed by atoms with Crippen molar-refractivity contribution in [2.24, 2.45) is 5.92 Å². The maximum absolute atomic E-state index is 13.1. The second kappa shape index (κ2) is 6.81. The van der Waals surface area contributed by atoms with E-state index in [-0.39, 0.29) is 11.7 Å². The van der Waals surface area contributed by atoms with Gasteiger partial charge in [0, 0.05) is 24.3 Å². The Hall–Kier alpha value is -1.72. The summed E-state index contributed by atoms with van der Waals surface area (Å²) in [6.07, 6.45) is 0. The van der Waals surface area contributed by atoms with Crippen LogP contribution in [-0.4, -0.2) is 27.0 Å². The molecule has 0 radical (unpaired) electrons. The lowest BCUT2D eigenvalue weighted by Crippen LogP contribution is -2.42. The molecule has 5 heteroatoms. The molecule has 0 bridgehead atoms. The fraction of sp³-hybridized carbons (Fsp3) is 0.500. The highest BCUT2D eigenvalue weighted by atomic mass is 19.1. The van der Waals surface area contributed by atoms with Gasteiger partial charge < -0.3 is 10.4 Å². The van der Waals surface area contributed by atoms with Gasteiger partial charge in [-0.05, 0) is 51.0 Å². The van der Waals surface area contributed by atoms with Gasteiger partial charge in [0.05, 0.1) is 17.0 Å². The number of aryl methyl sites for hydroxylation is 1. The van der Waals surface area contributed by atoms with Crippen LogP contribution in [0.3, 0.4) is 0 Å². The second-order valence-corrected chi connectivity index (χ2v) is 6.65. The Bertz CT molecular complexity index is 660. The average Bonchev–Trinajstić information content (AvgIpc) is 2.76. The topological polar surface area (TPSA) is 50.1 Å². The standard InChI is InChI=1S/C18H26FN3O/c1-12(2)18(5,23)11-20-10-17-13(3)21-22(14(17)4)16-8-6-15(19)7-9-16/h6-9,12,20,23H,10-11H2,1-5H3. The predicted molar refractivity (Wildman–Crippen MR) is 90.2 cm³/mol. The molecule has 0 fully saturated rings. The first-order chi connectivity index (χ1) is 10.7. The van der Waals surface area contributed by atoms with Crippen molar-refractivity contribution in [1.82, 2.24) is 15.1 Å². The minimum atomic E-state index is -0.741. The third kappa shape index (κ3) is 3.98. The number of hydrogen-bond acceptors (Lipinski definition) is 3. The van der Waals surface area contributed by atoms with Crippen LogP contribution in [-0.2, 0) is 6.54 Å². The van der Waals surface area contributed by atoms with E-state index in [0.717, 1.165) is 22.6 Å².